The molecule has 1 aromatic rings. The second kappa shape index (κ2) is 5.35. The molecular formula is C10H12Cl2N2O. The van der Waals surface area contributed by atoms with Gasteiger partial charge in [-0.1, -0.05) is 29.3 Å². The van der Waals surface area contributed by atoms with E-state index in [1.54, 1.807) is 18.2 Å². The van der Waals surface area contributed by atoms with E-state index in [4.69, 9.17) is 28.9 Å². The third-order valence-corrected chi connectivity index (χ3v) is 2.55. The van der Waals surface area contributed by atoms with Crippen LogP contribution in [-0.4, -0.2) is 12.5 Å². The smallest absolute Gasteiger partial charge is 0.234 e. The second-order valence-electron chi connectivity index (χ2n) is 3.16. The Morgan fingerprint density at radius 1 is 1.53 bits per heavy atom. The number of carbonyl (C=O) groups is 1. The summed E-state index contributed by atoms with van der Waals surface area (Å²) in [5.74, 6) is -0.214. The minimum absolute atomic E-state index is 0.0322. The molecule has 0 aliphatic heterocycles. The molecule has 0 aromatic heterocycles. The van der Waals surface area contributed by atoms with Crippen LogP contribution in [0.4, 0.5) is 0 Å². The van der Waals surface area contributed by atoms with Gasteiger partial charge in [0.05, 0.1) is 12.6 Å². The summed E-state index contributed by atoms with van der Waals surface area (Å²) in [6.07, 6.45) is 0. The van der Waals surface area contributed by atoms with Crippen LogP contribution in [0.3, 0.4) is 0 Å². The van der Waals surface area contributed by atoms with Crippen LogP contribution in [0.5, 0.6) is 0 Å². The third-order valence-electron chi connectivity index (χ3n) is 1.99. The van der Waals surface area contributed by atoms with Gasteiger partial charge in [0.1, 0.15) is 0 Å². The van der Waals surface area contributed by atoms with E-state index in [1.807, 2.05) is 6.92 Å². The van der Waals surface area contributed by atoms with Crippen molar-refractivity contribution in [1.82, 2.24) is 5.32 Å². The first-order valence-electron chi connectivity index (χ1n) is 4.49. The van der Waals surface area contributed by atoms with Gasteiger partial charge in [0.25, 0.3) is 0 Å². The van der Waals surface area contributed by atoms with Gasteiger partial charge < -0.3 is 11.1 Å². The maximum Gasteiger partial charge on any atom is 0.234 e. The minimum atomic E-state index is -0.214. The van der Waals surface area contributed by atoms with Crippen LogP contribution < -0.4 is 11.1 Å². The molecule has 5 heteroatoms. The van der Waals surface area contributed by atoms with Crippen LogP contribution in [0.2, 0.25) is 10.0 Å². The van der Waals surface area contributed by atoms with Gasteiger partial charge in [-0.15, -0.1) is 0 Å². The van der Waals surface area contributed by atoms with E-state index < -0.39 is 0 Å². The minimum Gasteiger partial charge on any atom is -0.348 e. The van der Waals surface area contributed by atoms with Gasteiger partial charge in [0, 0.05) is 10.0 Å². The predicted octanol–water partition coefficient (Wildman–Crippen LogP) is 2.13. The van der Waals surface area contributed by atoms with Crippen LogP contribution in [0.1, 0.15) is 18.5 Å². The summed E-state index contributed by atoms with van der Waals surface area (Å²) in [4.78, 5) is 11.1. The molecule has 3 nitrogen and oxygen atoms in total. The summed E-state index contributed by atoms with van der Waals surface area (Å²) >= 11 is 11.7. The average Bonchev–Trinajstić information content (AvgIpc) is 2.17. The molecule has 1 atom stereocenters. The van der Waals surface area contributed by atoms with Crippen molar-refractivity contribution >= 4 is 29.1 Å². The van der Waals surface area contributed by atoms with Gasteiger partial charge in [-0.25, -0.2) is 0 Å². The number of nitrogens with one attached hydrogen (secondary N) is 1. The Bertz CT molecular complexity index is 368. The molecule has 0 heterocycles. The Labute approximate surface area is 98.5 Å². The van der Waals surface area contributed by atoms with Crippen molar-refractivity contribution in [2.75, 3.05) is 6.54 Å². The van der Waals surface area contributed by atoms with E-state index in [2.05, 4.69) is 5.32 Å². The predicted molar refractivity (Wildman–Crippen MR) is 62.1 cm³/mol. The topological polar surface area (TPSA) is 55.1 Å². The molecule has 0 bridgehead atoms. The zero-order chi connectivity index (χ0) is 11.4. The van der Waals surface area contributed by atoms with Gasteiger partial charge in [0.2, 0.25) is 5.91 Å². The third kappa shape index (κ3) is 3.38. The summed E-state index contributed by atoms with van der Waals surface area (Å²) in [7, 11) is 0. The lowest BCUT2D eigenvalue weighted by Gasteiger charge is -2.15. The monoisotopic (exact) mass is 246 g/mol. The molecule has 15 heavy (non-hydrogen) atoms. The summed E-state index contributed by atoms with van der Waals surface area (Å²) in [5, 5.41) is 3.82. The SMILES string of the molecule is CC(NC(=O)CN)c1ccc(Cl)cc1Cl. The molecule has 0 aliphatic rings. The highest BCUT2D eigenvalue weighted by Gasteiger charge is 2.11. The Hall–Kier alpha value is -0.770. The highest BCUT2D eigenvalue weighted by Crippen LogP contribution is 2.25. The second-order valence-corrected chi connectivity index (χ2v) is 4.00. The van der Waals surface area contributed by atoms with Crippen molar-refractivity contribution in [2.24, 2.45) is 5.73 Å². The van der Waals surface area contributed by atoms with Gasteiger partial charge in [0.15, 0.2) is 0 Å². The van der Waals surface area contributed by atoms with Crippen molar-refractivity contribution in [2.45, 2.75) is 13.0 Å². The average molecular weight is 247 g/mol. The Kier molecular flexibility index (Phi) is 4.39. The van der Waals surface area contributed by atoms with Gasteiger partial charge in [-0.05, 0) is 24.6 Å². The number of hydrogen-bond acceptors (Lipinski definition) is 2. The van der Waals surface area contributed by atoms with Crippen molar-refractivity contribution in [1.29, 1.82) is 0 Å². The molecule has 1 rings (SSSR count). The summed E-state index contributed by atoms with van der Waals surface area (Å²) in [6.45, 7) is 1.80. The largest absolute Gasteiger partial charge is 0.348 e. The lowest BCUT2D eigenvalue weighted by atomic mass is 10.1. The fourth-order valence-corrected chi connectivity index (χ4v) is 1.80. The molecule has 0 saturated heterocycles. The Morgan fingerprint density at radius 3 is 2.73 bits per heavy atom. The van der Waals surface area contributed by atoms with Gasteiger partial charge in [-0.2, -0.15) is 0 Å². The number of halogens is 2. The molecule has 0 radical (unpaired) electrons. The van der Waals surface area contributed by atoms with Crippen molar-refractivity contribution < 1.29 is 4.79 Å². The number of nitrogens with two attached hydrogens (primary N) is 1. The standard InChI is InChI=1S/C10H12Cl2N2O/c1-6(14-10(15)5-13)8-3-2-7(11)4-9(8)12/h2-4,6H,5,13H2,1H3,(H,14,15). The first kappa shape index (κ1) is 12.3. The highest BCUT2D eigenvalue weighted by atomic mass is 35.5. The first-order chi connectivity index (χ1) is 7.04. The number of benzene rings is 1. The lowest BCUT2D eigenvalue weighted by Crippen LogP contribution is -2.32. The molecule has 82 valence electrons. The van der Waals surface area contributed by atoms with Crippen LogP contribution in [0.25, 0.3) is 0 Å². The first-order valence-corrected chi connectivity index (χ1v) is 5.24. The normalized spacial score (nSPS) is 12.3. The van der Waals surface area contributed by atoms with E-state index in [1.165, 1.54) is 0 Å². The lowest BCUT2D eigenvalue weighted by molar-refractivity contribution is -0.120. The van der Waals surface area contributed by atoms with Crippen molar-refractivity contribution in [3.63, 3.8) is 0 Å². The molecule has 0 aliphatic carbocycles. The number of rotatable bonds is 3. The maximum absolute atomic E-state index is 11.1. The van der Waals surface area contributed by atoms with Crippen molar-refractivity contribution in [3.8, 4) is 0 Å². The molecule has 3 N–H and O–H groups in total. The van der Waals surface area contributed by atoms with E-state index >= 15 is 0 Å². The molecule has 1 amide bonds. The van der Waals surface area contributed by atoms with E-state index in [0.29, 0.717) is 10.0 Å². The van der Waals surface area contributed by atoms with Gasteiger partial charge >= 0.3 is 0 Å². The fraction of sp³-hybridized carbons (Fsp3) is 0.300. The summed E-state index contributed by atoms with van der Waals surface area (Å²) in [5.41, 5.74) is 6.02. The number of carbonyl (C=O) groups excluding carboxylic acids is 1. The maximum atomic E-state index is 11.1. The number of amides is 1. The molecule has 0 saturated carbocycles. The molecule has 1 aromatic carbocycles. The summed E-state index contributed by atoms with van der Waals surface area (Å²) in [6, 6.07) is 4.98. The van der Waals surface area contributed by atoms with E-state index in [9.17, 15) is 4.79 Å². The van der Waals surface area contributed by atoms with Crippen LogP contribution in [0, 0.1) is 0 Å². The highest BCUT2D eigenvalue weighted by molar-refractivity contribution is 6.35. The number of hydrogen-bond donors (Lipinski definition) is 2. The van der Waals surface area contributed by atoms with Crippen LogP contribution in [0.15, 0.2) is 18.2 Å². The molecular weight excluding hydrogens is 235 g/mol. The molecule has 1 unspecified atom stereocenters. The quantitative estimate of drug-likeness (QED) is 0.859. The molecule has 0 spiro atoms. The van der Waals surface area contributed by atoms with Crippen LogP contribution >= 0.6 is 23.2 Å². The summed E-state index contributed by atoms with van der Waals surface area (Å²) < 4.78 is 0. The Morgan fingerprint density at radius 2 is 2.20 bits per heavy atom. The zero-order valence-electron chi connectivity index (χ0n) is 8.26. The Balaban J connectivity index is 2.82. The van der Waals surface area contributed by atoms with Crippen LogP contribution in [-0.2, 0) is 4.79 Å². The molecule has 0 fully saturated rings. The zero-order valence-corrected chi connectivity index (χ0v) is 9.77. The van der Waals surface area contributed by atoms with E-state index in [-0.39, 0.29) is 18.5 Å². The van der Waals surface area contributed by atoms with Gasteiger partial charge in [-0.3, -0.25) is 4.79 Å². The van der Waals surface area contributed by atoms with Crippen molar-refractivity contribution in [3.05, 3.63) is 33.8 Å². The fourth-order valence-electron chi connectivity index (χ4n) is 1.23. The van der Waals surface area contributed by atoms with E-state index in [0.717, 1.165) is 5.56 Å².